The lowest BCUT2D eigenvalue weighted by molar-refractivity contribution is -0.120. The fraction of sp³-hybridized carbons (Fsp3) is 0.381. The number of anilines is 1. The van der Waals surface area contributed by atoms with Crippen molar-refractivity contribution in [1.82, 2.24) is 5.32 Å². The molecule has 0 bridgehead atoms. The van der Waals surface area contributed by atoms with Gasteiger partial charge in [-0.3, -0.25) is 4.79 Å². The van der Waals surface area contributed by atoms with Crippen molar-refractivity contribution in [2.45, 2.75) is 20.3 Å². The zero-order valence-electron chi connectivity index (χ0n) is 16.1. The van der Waals surface area contributed by atoms with Crippen LogP contribution in [0.3, 0.4) is 0 Å². The van der Waals surface area contributed by atoms with E-state index in [2.05, 4.69) is 26.1 Å². The van der Waals surface area contributed by atoms with E-state index in [1.807, 2.05) is 63.4 Å². The topological polar surface area (TPSA) is 50.8 Å². The smallest absolute Gasteiger partial charge is 0.224 e. The van der Waals surface area contributed by atoms with Crippen molar-refractivity contribution >= 4 is 27.5 Å². The number of hydrogen-bond donors (Lipinski definition) is 1. The molecule has 0 aromatic heterocycles. The van der Waals surface area contributed by atoms with Gasteiger partial charge in [0.25, 0.3) is 0 Å². The van der Waals surface area contributed by atoms with E-state index in [-0.39, 0.29) is 12.3 Å². The van der Waals surface area contributed by atoms with Crippen LogP contribution in [0.1, 0.15) is 19.4 Å². The van der Waals surface area contributed by atoms with E-state index in [0.717, 1.165) is 22.3 Å². The van der Waals surface area contributed by atoms with Crippen LogP contribution in [0.4, 0.5) is 5.69 Å². The first kappa shape index (κ1) is 21.1. The number of halogens is 1. The Bertz CT molecular complexity index is 738. The van der Waals surface area contributed by atoms with Gasteiger partial charge in [-0.15, -0.1) is 0 Å². The summed E-state index contributed by atoms with van der Waals surface area (Å²) in [6.07, 6.45) is 0.280. The maximum Gasteiger partial charge on any atom is 0.224 e. The van der Waals surface area contributed by atoms with Gasteiger partial charge in [0.15, 0.2) is 11.5 Å². The Kier molecular flexibility index (Phi) is 8.45. The van der Waals surface area contributed by atoms with Crippen LogP contribution in [0, 0.1) is 0 Å². The van der Waals surface area contributed by atoms with Gasteiger partial charge in [-0.1, -0.05) is 34.1 Å². The molecule has 0 fully saturated rings. The molecule has 146 valence electrons. The van der Waals surface area contributed by atoms with E-state index in [1.165, 1.54) is 0 Å². The second-order valence-corrected chi connectivity index (χ2v) is 6.89. The standard InChI is InChI=1S/C21H27BrN2O3/c1-4-26-19-13-16(18(22)15-20(19)27-5-2)14-21(25)23-11-12-24(3)17-9-7-6-8-10-17/h6-10,13,15H,4-5,11-12,14H2,1-3H3,(H,23,25). The minimum absolute atomic E-state index is 0.0243. The average Bonchev–Trinajstić information content (AvgIpc) is 2.66. The highest BCUT2D eigenvalue weighted by Crippen LogP contribution is 2.34. The Hall–Kier alpha value is -2.21. The lowest BCUT2D eigenvalue weighted by atomic mass is 10.1. The van der Waals surface area contributed by atoms with E-state index in [9.17, 15) is 4.79 Å². The normalized spacial score (nSPS) is 10.4. The molecule has 0 unspecified atom stereocenters. The van der Waals surface area contributed by atoms with Crippen LogP contribution in [0.15, 0.2) is 46.9 Å². The molecule has 2 aromatic carbocycles. The lowest BCUT2D eigenvalue weighted by Crippen LogP contribution is -2.33. The molecule has 0 aliphatic heterocycles. The lowest BCUT2D eigenvalue weighted by Gasteiger charge is -2.19. The third-order valence-corrected chi connectivity index (χ3v) is 4.77. The van der Waals surface area contributed by atoms with Crippen LogP contribution in [0.2, 0.25) is 0 Å². The Balaban J connectivity index is 1.92. The second kappa shape index (κ2) is 10.8. The number of likely N-dealkylation sites (N-methyl/N-ethyl adjacent to an activating group) is 1. The van der Waals surface area contributed by atoms with E-state index < -0.39 is 0 Å². The number of para-hydroxylation sites is 1. The Morgan fingerprint density at radius 3 is 2.33 bits per heavy atom. The van der Waals surface area contributed by atoms with Gasteiger partial charge >= 0.3 is 0 Å². The van der Waals surface area contributed by atoms with Crippen molar-refractivity contribution in [2.24, 2.45) is 0 Å². The predicted molar refractivity (Wildman–Crippen MR) is 113 cm³/mol. The minimum atomic E-state index is -0.0243. The first-order chi connectivity index (χ1) is 13.0. The number of ether oxygens (including phenoxy) is 2. The van der Waals surface area contributed by atoms with Crippen molar-refractivity contribution < 1.29 is 14.3 Å². The van der Waals surface area contributed by atoms with Gasteiger partial charge in [0.05, 0.1) is 19.6 Å². The SMILES string of the molecule is CCOc1cc(Br)c(CC(=O)NCCN(C)c2ccccc2)cc1OCC. The average molecular weight is 435 g/mol. The van der Waals surface area contributed by atoms with E-state index >= 15 is 0 Å². The minimum Gasteiger partial charge on any atom is -0.490 e. The molecule has 0 radical (unpaired) electrons. The van der Waals surface area contributed by atoms with Gasteiger partial charge in [0.1, 0.15) is 0 Å². The van der Waals surface area contributed by atoms with Gasteiger partial charge in [-0.2, -0.15) is 0 Å². The highest BCUT2D eigenvalue weighted by molar-refractivity contribution is 9.10. The molecule has 27 heavy (non-hydrogen) atoms. The highest BCUT2D eigenvalue weighted by Gasteiger charge is 2.13. The predicted octanol–water partition coefficient (Wildman–Crippen LogP) is 4.04. The maximum atomic E-state index is 12.3. The fourth-order valence-corrected chi connectivity index (χ4v) is 3.12. The van der Waals surface area contributed by atoms with Crippen LogP contribution in [-0.2, 0) is 11.2 Å². The molecule has 0 aliphatic rings. The summed E-state index contributed by atoms with van der Waals surface area (Å²) in [6.45, 7) is 6.27. The van der Waals surface area contributed by atoms with Gasteiger partial charge in [0.2, 0.25) is 5.91 Å². The molecule has 2 aromatic rings. The van der Waals surface area contributed by atoms with Crippen molar-refractivity contribution in [1.29, 1.82) is 0 Å². The van der Waals surface area contributed by atoms with Crippen LogP contribution < -0.4 is 19.7 Å². The molecule has 0 heterocycles. The summed E-state index contributed by atoms with van der Waals surface area (Å²) in [5.74, 6) is 1.32. The number of benzene rings is 2. The molecule has 0 aliphatic carbocycles. The second-order valence-electron chi connectivity index (χ2n) is 6.04. The summed E-state index contributed by atoms with van der Waals surface area (Å²) in [5, 5.41) is 2.98. The zero-order chi connectivity index (χ0) is 19.6. The first-order valence-electron chi connectivity index (χ1n) is 9.16. The zero-order valence-corrected chi connectivity index (χ0v) is 17.7. The molecule has 0 saturated heterocycles. The number of carbonyl (C=O) groups excluding carboxylic acids is 1. The fourth-order valence-electron chi connectivity index (χ4n) is 2.66. The van der Waals surface area contributed by atoms with E-state index in [4.69, 9.17) is 9.47 Å². The summed E-state index contributed by atoms with van der Waals surface area (Å²) >= 11 is 3.53. The molecule has 2 rings (SSSR count). The molecule has 0 saturated carbocycles. The summed E-state index contributed by atoms with van der Waals surface area (Å²) in [5.41, 5.74) is 2.00. The molecule has 1 amide bonds. The highest BCUT2D eigenvalue weighted by atomic mass is 79.9. The third kappa shape index (κ3) is 6.47. The van der Waals surface area contributed by atoms with Crippen molar-refractivity contribution in [3.05, 3.63) is 52.5 Å². The van der Waals surface area contributed by atoms with Crippen LogP contribution >= 0.6 is 15.9 Å². The van der Waals surface area contributed by atoms with Gasteiger partial charge in [-0.05, 0) is 43.7 Å². The number of rotatable bonds is 10. The summed E-state index contributed by atoms with van der Waals surface area (Å²) in [7, 11) is 2.01. The molecule has 0 atom stereocenters. The quantitative estimate of drug-likeness (QED) is 0.612. The maximum absolute atomic E-state index is 12.3. The van der Waals surface area contributed by atoms with Crippen molar-refractivity contribution in [3.63, 3.8) is 0 Å². The molecule has 0 spiro atoms. The largest absolute Gasteiger partial charge is 0.490 e. The molecular weight excluding hydrogens is 408 g/mol. The Labute approximate surface area is 169 Å². The van der Waals surface area contributed by atoms with Crippen LogP contribution in [0.5, 0.6) is 11.5 Å². The third-order valence-electron chi connectivity index (χ3n) is 4.03. The number of amides is 1. The van der Waals surface area contributed by atoms with Gasteiger partial charge in [0, 0.05) is 30.3 Å². The van der Waals surface area contributed by atoms with Crippen molar-refractivity contribution in [3.8, 4) is 11.5 Å². The van der Waals surface area contributed by atoms with E-state index in [0.29, 0.717) is 31.3 Å². The summed E-state index contributed by atoms with van der Waals surface area (Å²) in [6, 6.07) is 13.8. The van der Waals surface area contributed by atoms with Crippen molar-refractivity contribution in [2.75, 3.05) is 38.3 Å². The molecule has 1 N–H and O–H groups in total. The number of nitrogens with zero attached hydrogens (tertiary/aromatic N) is 1. The molecule has 5 nitrogen and oxygen atoms in total. The summed E-state index contributed by atoms with van der Waals surface area (Å²) < 4.78 is 12.1. The molecule has 6 heteroatoms. The number of nitrogens with one attached hydrogen (secondary N) is 1. The Morgan fingerprint density at radius 2 is 1.70 bits per heavy atom. The van der Waals surface area contributed by atoms with Gasteiger partial charge in [-0.25, -0.2) is 0 Å². The van der Waals surface area contributed by atoms with Gasteiger partial charge < -0.3 is 19.7 Å². The Morgan fingerprint density at radius 1 is 1.07 bits per heavy atom. The van der Waals surface area contributed by atoms with Crippen LogP contribution in [0.25, 0.3) is 0 Å². The monoisotopic (exact) mass is 434 g/mol. The van der Waals surface area contributed by atoms with E-state index in [1.54, 1.807) is 0 Å². The number of hydrogen-bond acceptors (Lipinski definition) is 4. The molecular formula is C21H27BrN2O3. The van der Waals surface area contributed by atoms with Crippen LogP contribution in [-0.4, -0.2) is 39.3 Å². The summed E-state index contributed by atoms with van der Waals surface area (Å²) in [4.78, 5) is 14.5. The number of carbonyl (C=O) groups is 1. The first-order valence-corrected chi connectivity index (χ1v) is 9.95.